The number of rotatable bonds is 6. The molecule has 0 saturated carbocycles. The van der Waals surface area contributed by atoms with Crippen LogP contribution < -0.4 is 14.8 Å². The molecular formula is C18H20BrNO3. The van der Waals surface area contributed by atoms with E-state index in [0.717, 1.165) is 15.8 Å². The number of anilines is 1. The van der Waals surface area contributed by atoms with Crippen LogP contribution in [-0.4, -0.2) is 18.6 Å². The zero-order valence-corrected chi connectivity index (χ0v) is 15.0. The number of carbonyl (C=O) groups excluding carboxylic acids is 1. The molecule has 0 aromatic heterocycles. The van der Waals surface area contributed by atoms with Gasteiger partial charge in [-0.05, 0) is 78.7 Å². The molecule has 0 fully saturated rings. The van der Waals surface area contributed by atoms with Gasteiger partial charge in [-0.15, -0.1) is 0 Å². The lowest BCUT2D eigenvalue weighted by atomic mass is 10.2. The molecule has 0 spiro atoms. The molecule has 122 valence electrons. The first-order chi connectivity index (χ1) is 10.9. The van der Waals surface area contributed by atoms with Crippen LogP contribution in [0.3, 0.4) is 0 Å². The summed E-state index contributed by atoms with van der Waals surface area (Å²) in [6, 6.07) is 13.0. The number of hydrogen-bond donors (Lipinski definition) is 1. The second-order valence-corrected chi connectivity index (χ2v) is 6.32. The number of benzene rings is 2. The Bertz CT molecular complexity index is 668. The predicted octanol–water partition coefficient (Wildman–Crippen LogP) is 4.56. The molecule has 0 atom stereocenters. The molecule has 0 radical (unpaired) electrons. The minimum absolute atomic E-state index is 0.0497. The first kappa shape index (κ1) is 17.3. The molecule has 5 heteroatoms. The minimum atomic E-state index is -0.213. The molecule has 0 aliphatic rings. The van der Waals surface area contributed by atoms with Crippen molar-refractivity contribution in [1.82, 2.24) is 0 Å². The topological polar surface area (TPSA) is 47.6 Å². The summed E-state index contributed by atoms with van der Waals surface area (Å²) < 4.78 is 11.9. The van der Waals surface area contributed by atoms with E-state index in [1.807, 2.05) is 51.1 Å². The van der Waals surface area contributed by atoms with Crippen LogP contribution in [0.1, 0.15) is 19.4 Å². The van der Waals surface area contributed by atoms with Gasteiger partial charge in [-0.3, -0.25) is 4.79 Å². The molecule has 0 unspecified atom stereocenters. The number of carbonyl (C=O) groups is 1. The maximum absolute atomic E-state index is 11.9. The standard InChI is InChI=1S/C18H20BrNO3/c1-12(2)23-15-7-5-14(6-8-15)20-18(21)11-22-17-9-4-13(3)10-16(17)19/h4-10,12H,11H2,1-3H3,(H,20,21). The van der Waals surface area contributed by atoms with Crippen molar-refractivity contribution >= 4 is 27.5 Å². The SMILES string of the molecule is Cc1ccc(OCC(=O)Nc2ccc(OC(C)C)cc2)c(Br)c1. The van der Waals surface area contributed by atoms with E-state index >= 15 is 0 Å². The normalized spacial score (nSPS) is 10.5. The Morgan fingerprint density at radius 2 is 1.87 bits per heavy atom. The molecule has 0 aliphatic heterocycles. The van der Waals surface area contributed by atoms with E-state index < -0.39 is 0 Å². The molecule has 1 amide bonds. The van der Waals surface area contributed by atoms with Crippen LogP contribution in [-0.2, 0) is 4.79 Å². The van der Waals surface area contributed by atoms with Crippen LogP contribution in [0.4, 0.5) is 5.69 Å². The van der Waals surface area contributed by atoms with Gasteiger partial charge in [-0.1, -0.05) is 6.07 Å². The predicted molar refractivity (Wildman–Crippen MR) is 95.2 cm³/mol. The van der Waals surface area contributed by atoms with E-state index in [1.54, 1.807) is 12.1 Å². The maximum atomic E-state index is 11.9. The van der Waals surface area contributed by atoms with Crippen LogP contribution in [0.5, 0.6) is 11.5 Å². The maximum Gasteiger partial charge on any atom is 0.262 e. The third kappa shape index (κ3) is 5.60. The zero-order valence-electron chi connectivity index (χ0n) is 13.4. The van der Waals surface area contributed by atoms with Crippen molar-refractivity contribution in [2.45, 2.75) is 26.9 Å². The van der Waals surface area contributed by atoms with Gasteiger partial charge in [0.2, 0.25) is 0 Å². The Morgan fingerprint density at radius 3 is 2.48 bits per heavy atom. The highest BCUT2D eigenvalue weighted by Crippen LogP contribution is 2.25. The smallest absolute Gasteiger partial charge is 0.262 e. The van der Waals surface area contributed by atoms with Crippen LogP contribution >= 0.6 is 15.9 Å². The van der Waals surface area contributed by atoms with E-state index in [4.69, 9.17) is 9.47 Å². The van der Waals surface area contributed by atoms with Gasteiger partial charge in [0.15, 0.2) is 6.61 Å². The largest absolute Gasteiger partial charge is 0.491 e. The molecule has 1 N–H and O–H groups in total. The van der Waals surface area contributed by atoms with Crippen LogP contribution in [0.25, 0.3) is 0 Å². The van der Waals surface area contributed by atoms with Gasteiger partial charge in [0.05, 0.1) is 10.6 Å². The second-order valence-electron chi connectivity index (χ2n) is 5.46. The highest BCUT2D eigenvalue weighted by molar-refractivity contribution is 9.10. The van der Waals surface area contributed by atoms with E-state index in [2.05, 4.69) is 21.2 Å². The zero-order chi connectivity index (χ0) is 16.8. The summed E-state index contributed by atoms with van der Waals surface area (Å²) in [5.74, 6) is 1.21. The fourth-order valence-electron chi connectivity index (χ4n) is 1.95. The molecule has 2 rings (SSSR count). The van der Waals surface area contributed by atoms with Gasteiger partial charge in [0.1, 0.15) is 11.5 Å². The third-order valence-electron chi connectivity index (χ3n) is 2.96. The summed E-state index contributed by atoms with van der Waals surface area (Å²) in [7, 11) is 0. The highest BCUT2D eigenvalue weighted by atomic mass is 79.9. The lowest BCUT2D eigenvalue weighted by Gasteiger charge is -2.11. The summed E-state index contributed by atoms with van der Waals surface area (Å²) in [6.45, 7) is 5.88. The molecule has 0 saturated heterocycles. The van der Waals surface area contributed by atoms with E-state index in [-0.39, 0.29) is 18.6 Å². The van der Waals surface area contributed by atoms with Gasteiger partial charge in [0, 0.05) is 5.69 Å². The number of halogens is 1. The fraction of sp³-hybridized carbons (Fsp3) is 0.278. The molecule has 2 aromatic carbocycles. The molecule has 2 aromatic rings. The van der Waals surface area contributed by atoms with Crippen LogP contribution in [0.2, 0.25) is 0 Å². The molecule has 23 heavy (non-hydrogen) atoms. The Kier molecular flexibility index (Phi) is 6.04. The van der Waals surface area contributed by atoms with Crippen molar-refractivity contribution in [2.24, 2.45) is 0 Å². The summed E-state index contributed by atoms with van der Waals surface area (Å²) in [4.78, 5) is 11.9. The van der Waals surface area contributed by atoms with Gasteiger partial charge in [0.25, 0.3) is 5.91 Å². The minimum Gasteiger partial charge on any atom is -0.491 e. The van der Waals surface area contributed by atoms with Crippen molar-refractivity contribution in [1.29, 1.82) is 0 Å². The van der Waals surface area contributed by atoms with Crippen LogP contribution in [0.15, 0.2) is 46.9 Å². The quantitative estimate of drug-likeness (QED) is 0.802. The first-order valence-electron chi connectivity index (χ1n) is 7.39. The van der Waals surface area contributed by atoms with Crippen molar-refractivity contribution in [2.75, 3.05) is 11.9 Å². The van der Waals surface area contributed by atoms with Crippen LogP contribution in [0, 0.1) is 6.92 Å². The Hall–Kier alpha value is -2.01. The van der Waals surface area contributed by atoms with Gasteiger partial charge in [-0.25, -0.2) is 0 Å². The highest BCUT2D eigenvalue weighted by Gasteiger charge is 2.07. The summed E-state index contributed by atoms with van der Waals surface area (Å²) in [6.07, 6.45) is 0.122. The fourth-order valence-corrected chi connectivity index (χ4v) is 2.56. The second kappa shape index (κ2) is 8.02. The van der Waals surface area contributed by atoms with E-state index in [1.165, 1.54) is 0 Å². The van der Waals surface area contributed by atoms with Gasteiger partial charge >= 0.3 is 0 Å². The lowest BCUT2D eigenvalue weighted by Crippen LogP contribution is -2.20. The molecule has 0 bridgehead atoms. The van der Waals surface area contributed by atoms with Gasteiger partial charge < -0.3 is 14.8 Å². The number of nitrogens with one attached hydrogen (secondary N) is 1. The lowest BCUT2D eigenvalue weighted by molar-refractivity contribution is -0.118. The average molecular weight is 378 g/mol. The van der Waals surface area contributed by atoms with E-state index in [0.29, 0.717) is 11.4 Å². The number of amides is 1. The van der Waals surface area contributed by atoms with Crippen molar-refractivity contribution in [3.05, 3.63) is 52.5 Å². The first-order valence-corrected chi connectivity index (χ1v) is 8.19. The molecular weight excluding hydrogens is 358 g/mol. The number of aryl methyl sites for hydroxylation is 1. The molecule has 0 heterocycles. The number of hydrogen-bond acceptors (Lipinski definition) is 3. The third-order valence-corrected chi connectivity index (χ3v) is 3.58. The Morgan fingerprint density at radius 1 is 1.17 bits per heavy atom. The summed E-state index contributed by atoms with van der Waals surface area (Å²) in [5.41, 5.74) is 1.83. The Labute approximate surface area is 144 Å². The summed E-state index contributed by atoms with van der Waals surface area (Å²) >= 11 is 3.42. The van der Waals surface area contributed by atoms with Gasteiger partial charge in [-0.2, -0.15) is 0 Å². The molecule has 0 aliphatic carbocycles. The van der Waals surface area contributed by atoms with E-state index in [9.17, 15) is 4.79 Å². The number of ether oxygens (including phenoxy) is 2. The Balaban J connectivity index is 1.87. The average Bonchev–Trinajstić information content (AvgIpc) is 2.48. The summed E-state index contributed by atoms with van der Waals surface area (Å²) in [5, 5.41) is 2.79. The van der Waals surface area contributed by atoms with Crippen molar-refractivity contribution in [3.63, 3.8) is 0 Å². The van der Waals surface area contributed by atoms with Crippen molar-refractivity contribution < 1.29 is 14.3 Å². The molecule has 4 nitrogen and oxygen atoms in total. The van der Waals surface area contributed by atoms with Crippen molar-refractivity contribution in [3.8, 4) is 11.5 Å². The monoisotopic (exact) mass is 377 g/mol.